The number of hydrogen-bond donors (Lipinski definition) is 2. The Balaban J connectivity index is 1.97. The molecule has 156 valence electrons. The maximum absolute atomic E-state index is 14.0. The van der Waals surface area contributed by atoms with E-state index in [0.29, 0.717) is 0 Å². The molecule has 0 spiro atoms. The van der Waals surface area contributed by atoms with Crippen LogP contribution in [0.4, 0.5) is 24.5 Å². The minimum absolute atomic E-state index is 0.00516. The Morgan fingerprint density at radius 3 is 2.76 bits per heavy atom. The van der Waals surface area contributed by atoms with Gasteiger partial charge in [-0.15, -0.1) is 11.6 Å². The average Bonchev–Trinajstić information content (AvgIpc) is 2.89. The summed E-state index contributed by atoms with van der Waals surface area (Å²) in [6, 6.07) is 1.94. The molecule has 29 heavy (non-hydrogen) atoms. The molecule has 1 aromatic carbocycles. The second kappa shape index (κ2) is 7.99. The molecule has 8 nitrogen and oxygen atoms in total. The van der Waals surface area contributed by atoms with Crippen molar-refractivity contribution in [2.75, 3.05) is 10.6 Å². The summed E-state index contributed by atoms with van der Waals surface area (Å²) in [4.78, 5) is 24.4. The van der Waals surface area contributed by atoms with Crippen LogP contribution in [0.2, 0.25) is 5.02 Å². The van der Waals surface area contributed by atoms with E-state index in [0.717, 1.165) is 16.8 Å². The van der Waals surface area contributed by atoms with Crippen LogP contribution in [0.1, 0.15) is 18.7 Å². The topological polar surface area (TPSA) is 94.5 Å². The molecule has 0 aliphatic carbocycles. The molecule has 0 bridgehead atoms. The maximum atomic E-state index is 14.0. The number of nitrogens with one attached hydrogen (secondary N) is 2. The first-order chi connectivity index (χ1) is 13.6. The fourth-order valence-electron chi connectivity index (χ4n) is 2.57. The van der Waals surface area contributed by atoms with Gasteiger partial charge < -0.3 is 20.1 Å². The van der Waals surface area contributed by atoms with Crippen molar-refractivity contribution in [3.05, 3.63) is 28.7 Å². The number of hydrogen-bond acceptors (Lipinski definition) is 5. The van der Waals surface area contributed by atoms with E-state index >= 15 is 0 Å². The van der Waals surface area contributed by atoms with E-state index in [-0.39, 0.29) is 27.8 Å². The van der Waals surface area contributed by atoms with Crippen LogP contribution in [0, 0.1) is 5.82 Å². The Bertz CT molecular complexity index is 984. The molecule has 0 radical (unpaired) electrons. The van der Waals surface area contributed by atoms with Crippen molar-refractivity contribution in [1.29, 1.82) is 0 Å². The highest BCUT2D eigenvalue weighted by Gasteiger charge is 2.37. The number of aryl methyl sites for hydroxylation is 1. The van der Waals surface area contributed by atoms with Gasteiger partial charge in [-0.1, -0.05) is 11.6 Å². The summed E-state index contributed by atoms with van der Waals surface area (Å²) < 4.78 is 49.8. The number of halogens is 5. The molecule has 0 fully saturated rings. The Labute approximate surface area is 171 Å². The molecule has 3 rings (SSSR count). The van der Waals surface area contributed by atoms with E-state index in [9.17, 15) is 22.8 Å². The fraction of sp³-hybridized carbons (Fsp3) is 0.312. The second-order valence-corrected chi connectivity index (χ2v) is 6.96. The van der Waals surface area contributed by atoms with E-state index in [1.54, 1.807) is 0 Å². The van der Waals surface area contributed by atoms with E-state index in [2.05, 4.69) is 20.5 Å². The number of benzene rings is 1. The molecule has 0 saturated carbocycles. The van der Waals surface area contributed by atoms with Crippen LogP contribution in [0.25, 0.3) is 0 Å². The number of alkyl halides is 3. The van der Waals surface area contributed by atoms with Crippen molar-refractivity contribution in [2.24, 2.45) is 7.05 Å². The molecule has 0 saturated heterocycles. The van der Waals surface area contributed by atoms with E-state index in [1.165, 1.54) is 14.0 Å². The van der Waals surface area contributed by atoms with Gasteiger partial charge in [0, 0.05) is 13.1 Å². The summed E-state index contributed by atoms with van der Waals surface area (Å²) in [7, 11) is 1.28. The standard InChI is InChI=1S/C16H13Cl2F3N4O4/c1-5(17)13(26)22-7-3-6(19)4-8-10(7)23-14(27)12(28-8)11-9(18)15(25(2)24-11)29-16(20)21/h3-5,12,16H,1-2H3,(H,22,26)(H,23,27). The maximum Gasteiger partial charge on any atom is 0.388 e. The van der Waals surface area contributed by atoms with Gasteiger partial charge in [-0.05, 0) is 13.0 Å². The van der Waals surface area contributed by atoms with Gasteiger partial charge in [0.25, 0.3) is 5.91 Å². The van der Waals surface area contributed by atoms with E-state index in [1.807, 2.05) is 0 Å². The summed E-state index contributed by atoms with van der Waals surface area (Å²) >= 11 is 11.7. The van der Waals surface area contributed by atoms with Gasteiger partial charge in [0.15, 0.2) is 0 Å². The molecule has 1 aliphatic rings. The van der Waals surface area contributed by atoms with Gasteiger partial charge >= 0.3 is 6.61 Å². The van der Waals surface area contributed by atoms with Crippen molar-refractivity contribution >= 4 is 46.4 Å². The first kappa shape index (κ1) is 21.1. The summed E-state index contributed by atoms with van der Waals surface area (Å²) in [5.74, 6) is -2.78. The highest BCUT2D eigenvalue weighted by Crippen LogP contribution is 2.43. The average molecular weight is 453 g/mol. The van der Waals surface area contributed by atoms with Crippen LogP contribution in [0.3, 0.4) is 0 Å². The number of aromatic nitrogens is 2. The van der Waals surface area contributed by atoms with Crippen LogP contribution < -0.4 is 20.1 Å². The molecule has 2 amide bonds. The Hall–Kier alpha value is -2.66. The number of carbonyl (C=O) groups excluding carboxylic acids is 2. The second-order valence-electron chi connectivity index (χ2n) is 5.93. The number of nitrogens with zero attached hydrogens (tertiary/aromatic N) is 2. The van der Waals surface area contributed by atoms with Crippen LogP contribution in [-0.4, -0.2) is 33.6 Å². The summed E-state index contributed by atoms with van der Waals surface area (Å²) in [6.45, 7) is -1.75. The Morgan fingerprint density at radius 2 is 2.14 bits per heavy atom. The third kappa shape index (κ3) is 4.20. The van der Waals surface area contributed by atoms with Crippen molar-refractivity contribution in [2.45, 2.75) is 25.0 Å². The first-order valence-electron chi connectivity index (χ1n) is 8.01. The summed E-state index contributed by atoms with van der Waals surface area (Å²) in [6.07, 6.45) is -1.48. The summed E-state index contributed by atoms with van der Waals surface area (Å²) in [5, 5.41) is 7.45. The molecule has 2 heterocycles. The Kier molecular flexibility index (Phi) is 5.80. The minimum Gasteiger partial charge on any atom is -0.472 e. The lowest BCUT2D eigenvalue weighted by atomic mass is 10.1. The van der Waals surface area contributed by atoms with Gasteiger partial charge in [0.2, 0.25) is 17.9 Å². The molecule has 13 heteroatoms. The van der Waals surface area contributed by atoms with Crippen molar-refractivity contribution in [3.8, 4) is 11.6 Å². The van der Waals surface area contributed by atoms with Crippen LogP contribution in [0.15, 0.2) is 12.1 Å². The SMILES string of the molecule is CC(Cl)C(=O)Nc1cc(F)cc2c1NC(=O)C(c1nn(C)c(OC(F)F)c1Cl)O2. The van der Waals surface area contributed by atoms with Crippen molar-refractivity contribution in [3.63, 3.8) is 0 Å². The van der Waals surface area contributed by atoms with Crippen LogP contribution in [0.5, 0.6) is 11.6 Å². The lowest BCUT2D eigenvalue weighted by Gasteiger charge is -2.27. The van der Waals surface area contributed by atoms with Crippen molar-refractivity contribution < 1.29 is 32.2 Å². The third-order valence-corrected chi connectivity index (χ3v) is 4.38. The number of rotatable bonds is 5. The van der Waals surface area contributed by atoms with Crippen LogP contribution in [-0.2, 0) is 16.6 Å². The fourth-order valence-corrected chi connectivity index (χ4v) is 2.92. The molecule has 2 N–H and O–H groups in total. The zero-order chi connectivity index (χ0) is 21.5. The number of amides is 2. The quantitative estimate of drug-likeness (QED) is 0.677. The minimum atomic E-state index is -3.16. The lowest BCUT2D eigenvalue weighted by Crippen LogP contribution is -2.32. The smallest absolute Gasteiger partial charge is 0.388 e. The molecular formula is C16H13Cl2F3N4O4. The molecule has 2 unspecified atom stereocenters. The number of ether oxygens (including phenoxy) is 2. The predicted molar refractivity (Wildman–Crippen MR) is 97.2 cm³/mol. The summed E-state index contributed by atoms with van der Waals surface area (Å²) in [5.41, 5.74) is -0.287. The number of carbonyl (C=O) groups is 2. The number of fused-ring (bicyclic) bond motifs is 1. The highest BCUT2D eigenvalue weighted by atomic mass is 35.5. The van der Waals surface area contributed by atoms with Gasteiger partial charge in [-0.3, -0.25) is 9.59 Å². The van der Waals surface area contributed by atoms with Gasteiger partial charge in [-0.25, -0.2) is 9.07 Å². The van der Waals surface area contributed by atoms with Gasteiger partial charge in [-0.2, -0.15) is 13.9 Å². The molecule has 1 aliphatic heterocycles. The zero-order valence-corrected chi connectivity index (χ0v) is 16.3. The van der Waals surface area contributed by atoms with E-state index in [4.69, 9.17) is 27.9 Å². The molecule has 2 atom stereocenters. The van der Waals surface area contributed by atoms with Gasteiger partial charge in [0.1, 0.15) is 33.3 Å². The van der Waals surface area contributed by atoms with Crippen molar-refractivity contribution in [1.82, 2.24) is 9.78 Å². The highest BCUT2D eigenvalue weighted by molar-refractivity contribution is 6.33. The molecule has 1 aromatic heterocycles. The zero-order valence-electron chi connectivity index (χ0n) is 14.8. The first-order valence-corrected chi connectivity index (χ1v) is 8.83. The number of anilines is 2. The molecule has 2 aromatic rings. The predicted octanol–water partition coefficient (Wildman–Crippen LogP) is 3.45. The van der Waals surface area contributed by atoms with E-state index < -0.39 is 41.6 Å². The normalized spacial score (nSPS) is 16.7. The largest absolute Gasteiger partial charge is 0.472 e. The van der Waals surface area contributed by atoms with Gasteiger partial charge in [0.05, 0.1) is 5.69 Å². The monoisotopic (exact) mass is 452 g/mol. The lowest BCUT2D eigenvalue weighted by molar-refractivity contribution is -0.124. The van der Waals surface area contributed by atoms with Crippen LogP contribution >= 0.6 is 23.2 Å². The Morgan fingerprint density at radius 1 is 1.45 bits per heavy atom. The molecular weight excluding hydrogens is 440 g/mol. The third-order valence-electron chi connectivity index (χ3n) is 3.83.